The maximum Gasteiger partial charge on any atom is 0.191 e. The van der Waals surface area contributed by atoms with Gasteiger partial charge in [-0.1, -0.05) is 0 Å². The van der Waals surface area contributed by atoms with Crippen LogP contribution in [0.5, 0.6) is 0 Å². The Morgan fingerprint density at radius 2 is 2.08 bits per heavy atom. The van der Waals surface area contributed by atoms with Crippen LogP contribution in [0.15, 0.2) is 53.9 Å². The first kappa shape index (κ1) is 15.2. The van der Waals surface area contributed by atoms with Gasteiger partial charge in [-0.3, -0.25) is 14.8 Å². The van der Waals surface area contributed by atoms with Crippen LogP contribution in [0.25, 0.3) is 22.2 Å². The number of fused-ring (bicyclic) bond motifs is 1. The molecular formula is C18H15N5O2. The summed E-state index contributed by atoms with van der Waals surface area (Å²) < 4.78 is 7.29. The molecule has 4 aromatic heterocycles. The van der Waals surface area contributed by atoms with Crippen LogP contribution in [-0.4, -0.2) is 30.3 Å². The number of carbonyl (C=O) groups excluding carboxylic acids is 1. The molecule has 0 aliphatic heterocycles. The van der Waals surface area contributed by atoms with Crippen LogP contribution in [0.3, 0.4) is 0 Å². The van der Waals surface area contributed by atoms with Gasteiger partial charge in [0, 0.05) is 42.2 Å². The number of oxazole rings is 1. The van der Waals surface area contributed by atoms with Gasteiger partial charge in [-0.25, -0.2) is 9.97 Å². The van der Waals surface area contributed by atoms with Crippen molar-refractivity contribution in [3.8, 4) is 11.3 Å². The summed E-state index contributed by atoms with van der Waals surface area (Å²) in [7, 11) is 0. The Balaban J connectivity index is 1.59. The third-order valence-electron chi connectivity index (χ3n) is 3.83. The zero-order chi connectivity index (χ0) is 17.2. The highest BCUT2D eigenvalue weighted by Gasteiger charge is 2.09. The molecule has 124 valence electrons. The molecule has 4 rings (SSSR count). The van der Waals surface area contributed by atoms with Gasteiger partial charge < -0.3 is 8.98 Å². The van der Waals surface area contributed by atoms with Crippen LogP contribution in [0.1, 0.15) is 11.6 Å². The highest BCUT2D eigenvalue weighted by molar-refractivity contribution is 5.84. The molecule has 0 unspecified atom stereocenters. The standard InChI is InChI=1S/C18H15N5O2/c1-12-20-9-18(25-12)14-4-13-5-15(21-8-17(13)22-7-14)6-16(24)10-23-3-2-19-11-23/h2-5,7-9,11H,6,10H2,1H3. The molecule has 4 aromatic rings. The second-order valence-electron chi connectivity index (χ2n) is 5.79. The van der Waals surface area contributed by atoms with E-state index in [-0.39, 0.29) is 18.7 Å². The third-order valence-corrected chi connectivity index (χ3v) is 3.83. The van der Waals surface area contributed by atoms with E-state index < -0.39 is 0 Å². The predicted octanol–water partition coefficient (Wildman–Crippen LogP) is 2.60. The maximum atomic E-state index is 12.2. The number of pyridine rings is 2. The number of Topliss-reactive ketones (excluding diaryl/α,β-unsaturated/α-hetero) is 1. The number of ketones is 1. The maximum absolute atomic E-state index is 12.2. The van der Waals surface area contributed by atoms with E-state index in [2.05, 4.69) is 19.9 Å². The topological polar surface area (TPSA) is 86.7 Å². The van der Waals surface area contributed by atoms with Crippen molar-refractivity contribution in [3.63, 3.8) is 0 Å². The van der Waals surface area contributed by atoms with E-state index in [1.54, 1.807) is 48.8 Å². The molecule has 4 heterocycles. The summed E-state index contributed by atoms with van der Waals surface area (Å²) >= 11 is 0. The number of aromatic nitrogens is 5. The van der Waals surface area contributed by atoms with Gasteiger partial charge in [-0.15, -0.1) is 0 Å². The van der Waals surface area contributed by atoms with Crippen LogP contribution in [0.4, 0.5) is 0 Å². The molecule has 7 nitrogen and oxygen atoms in total. The second-order valence-corrected chi connectivity index (χ2v) is 5.79. The van der Waals surface area contributed by atoms with E-state index >= 15 is 0 Å². The van der Waals surface area contributed by atoms with Crippen molar-refractivity contribution < 1.29 is 9.21 Å². The summed E-state index contributed by atoms with van der Waals surface area (Å²) in [5.41, 5.74) is 2.33. The van der Waals surface area contributed by atoms with Gasteiger partial charge in [0.05, 0.1) is 37.2 Å². The molecule has 0 aromatic carbocycles. The zero-order valence-corrected chi connectivity index (χ0v) is 13.6. The Morgan fingerprint density at radius 3 is 2.84 bits per heavy atom. The van der Waals surface area contributed by atoms with Gasteiger partial charge in [0.15, 0.2) is 17.4 Å². The molecule has 0 bridgehead atoms. The van der Waals surface area contributed by atoms with Crippen molar-refractivity contribution in [2.45, 2.75) is 19.9 Å². The molecule has 7 heteroatoms. The van der Waals surface area contributed by atoms with Crippen molar-refractivity contribution in [2.24, 2.45) is 0 Å². The zero-order valence-electron chi connectivity index (χ0n) is 13.6. The van der Waals surface area contributed by atoms with E-state index in [9.17, 15) is 4.79 Å². The van der Waals surface area contributed by atoms with E-state index in [1.165, 1.54) is 0 Å². The van der Waals surface area contributed by atoms with Gasteiger partial charge >= 0.3 is 0 Å². The fourth-order valence-corrected chi connectivity index (χ4v) is 2.64. The summed E-state index contributed by atoms with van der Waals surface area (Å²) in [6, 6.07) is 3.86. The van der Waals surface area contributed by atoms with Crippen LogP contribution in [0.2, 0.25) is 0 Å². The summed E-state index contributed by atoms with van der Waals surface area (Å²) in [4.78, 5) is 29.0. The number of imidazole rings is 1. The van der Waals surface area contributed by atoms with Gasteiger partial charge in [0.25, 0.3) is 0 Å². The largest absolute Gasteiger partial charge is 0.441 e. The summed E-state index contributed by atoms with van der Waals surface area (Å²) in [5.74, 6) is 1.34. The van der Waals surface area contributed by atoms with Crippen molar-refractivity contribution in [1.82, 2.24) is 24.5 Å². The average molecular weight is 333 g/mol. The monoisotopic (exact) mass is 333 g/mol. The van der Waals surface area contributed by atoms with Crippen molar-refractivity contribution >= 4 is 16.7 Å². The molecule has 0 aliphatic rings. The summed E-state index contributed by atoms with van der Waals surface area (Å²) in [6.45, 7) is 2.08. The molecule has 0 N–H and O–H groups in total. The Morgan fingerprint density at radius 1 is 1.16 bits per heavy atom. The van der Waals surface area contributed by atoms with Crippen molar-refractivity contribution in [3.05, 3.63) is 61.0 Å². The molecule has 0 atom stereocenters. The molecule has 0 saturated heterocycles. The minimum absolute atomic E-state index is 0.0693. The average Bonchev–Trinajstić information content (AvgIpc) is 3.26. The quantitative estimate of drug-likeness (QED) is 0.558. The first-order valence-electron chi connectivity index (χ1n) is 7.82. The third kappa shape index (κ3) is 3.30. The van der Waals surface area contributed by atoms with Gasteiger partial charge in [-0.2, -0.15) is 0 Å². The number of aryl methyl sites for hydroxylation is 1. The number of carbonyl (C=O) groups is 1. The van der Waals surface area contributed by atoms with Crippen molar-refractivity contribution in [1.29, 1.82) is 0 Å². The number of rotatable bonds is 5. The minimum Gasteiger partial charge on any atom is -0.441 e. The fourth-order valence-electron chi connectivity index (χ4n) is 2.64. The Bertz CT molecular complexity index is 1040. The summed E-state index contributed by atoms with van der Waals surface area (Å²) in [6.07, 6.45) is 10.4. The fraction of sp³-hybridized carbons (Fsp3) is 0.167. The molecule has 0 amide bonds. The highest BCUT2D eigenvalue weighted by atomic mass is 16.4. The normalized spacial score (nSPS) is 11.1. The van der Waals surface area contributed by atoms with Crippen LogP contribution in [-0.2, 0) is 17.8 Å². The van der Waals surface area contributed by atoms with E-state index in [4.69, 9.17) is 4.42 Å². The molecule has 25 heavy (non-hydrogen) atoms. The first-order valence-corrected chi connectivity index (χ1v) is 7.82. The Labute approximate surface area is 143 Å². The lowest BCUT2D eigenvalue weighted by molar-refractivity contribution is -0.119. The van der Waals surface area contributed by atoms with Crippen LogP contribution < -0.4 is 0 Å². The second kappa shape index (κ2) is 6.27. The van der Waals surface area contributed by atoms with E-state index in [0.717, 1.165) is 16.5 Å². The predicted molar refractivity (Wildman–Crippen MR) is 90.7 cm³/mol. The number of nitrogens with zero attached hydrogens (tertiary/aromatic N) is 5. The van der Waals surface area contributed by atoms with Crippen LogP contribution >= 0.6 is 0 Å². The Kier molecular flexibility index (Phi) is 3.81. The molecule has 0 radical (unpaired) electrons. The smallest absolute Gasteiger partial charge is 0.191 e. The first-order chi connectivity index (χ1) is 12.2. The van der Waals surface area contributed by atoms with E-state index in [1.807, 2.05) is 12.1 Å². The highest BCUT2D eigenvalue weighted by Crippen LogP contribution is 2.23. The lowest BCUT2D eigenvalue weighted by Gasteiger charge is -2.04. The van der Waals surface area contributed by atoms with Crippen molar-refractivity contribution in [2.75, 3.05) is 0 Å². The molecular weight excluding hydrogens is 318 g/mol. The van der Waals surface area contributed by atoms with Gasteiger partial charge in [0.1, 0.15) is 0 Å². The van der Waals surface area contributed by atoms with Crippen LogP contribution in [0, 0.1) is 6.92 Å². The van der Waals surface area contributed by atoms with Gasteiger partial charge in [0.2, 0.25) is 0 Å². The molecule has 0 saturated carbocycles. The van der Waals surface area contributed by atoms with Gasteiger partial charge in [-0.05, 0) is 12.1 Å². The molecule has 0 spiro atoms. The summed E-state index contributed by atoms with van der Waals surface area (Å²) in [5, 5.41) is 0.909. The Hall–Kier alpha value is -3.35. The SMILES string of the molecule is Cc1ncc(-c2cnc3cnc(CC(=O)Cn4ccnc4)cc3c2)o1. The van der Waals surface area contributed by atoms with E-state index in [0.29, 0.717) is 17.3 Å². The minimum atomic E-state index is 0.0693. The lowest BCUT2D eigenvalue weighted by atomic mass is 10.1. The molecule has 0 aliphatic carbocycles. The lowest BCUT2D eigenvalue weighted by Crippen LogP contribution is -2.12. The number of hydrogen-bond acceptors (Lipinski definition) is 6. The number of hydrogen-bond donors (Lipinski definition) is 0. The molecule has 0 fully saturated rings.